The number of carbonyl (C=O) groups is 1. The fourth-order valence-corrected chi connectivity index (χ4v) is 5.23. The number of hydrogen-bond donors (Lipinski definition) is 3. The lowest BCUT2D eigenvalue weighted by Gasteiger charge is -2.21. The standard InChI is InChI=1S/C30H27F2N3O2.CH2O2/c1-4-6-18-7-5-8-22-28(18)36-16-30(22,3)26-15-34-29(35-26)21-13-19(9-10-23(21)31)37-27-17(2)20-11-12-33-25(20)14-24(27)32;2-1-3/h5,7-15,33H,4,6,16H2,1-3H3,(H,34,35);1H,(H,2,3). The van der Waals surface area contributed by atoms with E-state index in [-0.39, 0.29) is 17.8 Å². The van der Waals surface area contributed by atoms with Crippen molar-refractivity contribution in [2.45, 2.75) is 39.0 Å². The summed E-state index contributed by atoms with van der Waals surface area (Å²) in [5, 5.41) is 7.75. The van der Waals surface area contributed by atoms with Gasteiger partial charge in [0.25, 0.3) is 6.47 Å². The molecule has 9 heteroatoms. The Morgan fingerprint density at radius 3 is 2.75 bits per heavy atom. The van der Waals surface area contributed by atoms with Gasteiger partial charge in [0.2, 0.25) is 0 Å². The van der Waals surface area contributed by atoms with Gasteiger partial charge in [-0.1, -0.05) is 31.5 Å². The number of hydrogen-bond acceptors (Lipinski definition) is 4. The molecule has 206 valence electrons. The molecular formula is C31H29F2N3O4. The number of aromatic nitrogens is 3. The fourth-order valence-electron chi connectivity index (χ4n) is 5.23. The molecule has 0 fully saturated rings. The smallest absolute Gasteiger partial charge is 0.290 e. The zero-order valence-corrected chi connectivity index (χ0v) is 22.3. The monoisotopic (exact) mass is 545 g/mol. The predicted octanol–water partition coefficient (Wildman–Crippen LogP) is 7.29. The van der Waals surface area contributed by atoms with Crippen LogP contribution >= 0.6 is 0 Å². The summed E-state index contributed by atoms with van der Waals surface area (Å²) in [5.74, 6) is 0.784. The van der Waals surface area contributed by atoms with Crippen LogP contribution in [0.3, 0.4) is 0 Å². The molecule has 3 heterocycles. The van der Waals surface area contributed by atoms with Crippen molar-refractivity contribution in [3.63, 3.8) is 0 Å². The first-order valence-electron chi connectivity index (χ1n) is 12.9. The van der Waals surface area contributed by atoms with Crippen LogP contribution in [0.1, 0.15) is 42.7 Å². The Hall–Kier alpha value is -4.66. The van der Waals surface area contributed by atoms with E-state index in [1.807, 2.05) is 6.07 Å². The number of para-hydroxylation sites is 1. The van der Waals surface area contributed by atoms with Crippen molar-refractivity contribution in [1.29, 1.82) is 0 Å². The molecule has 0 radical (unpaired) electrons. The van der Waals surface area contributed by atoms with Crippen molar-refractivity contribution in [2.75, 3.05) is 6.61 Å². The van der Waals surface area contributed by atoms with Crippen molar-refractivity contribution >= 4 is 17.4 Å². The molecule has 6 rings (SSSR count). The van der Waals surface area contributed by atoms with E-state index in [0.717, 1.165) is 35.2 Å². The molecule has 5 aromatic rings. The number of halogens is 2. The highest BCUT2D eigenvalue weighted by Crippen LogP contribution is 2.45. The average Bonchev–Trinajstić information content (AvgIpc) is 3.69. The molecular weight excluding hydrogens is 516 g/mol. The van der Waals surface area contributed by atoms with Crippen LogP contribution in [-0.4, -0.2) is 33.1 Å². The summed E-state index contributed by atoms with van der Waals surface area (Å²) in [5.41, 5.74) is 4.28. The van der Waals surface area contributed by atoms with Crippen LogP contribution in [0.5, 0.6) is 17.2 Å². The molecule has 1 aliphatic rings. The van der Waals surface area contributed by atoms with Crippen LogP contribution in [0, 0.1) is 18.6 Å². The van der Waals surface area contributed by atoms with Gasteiger partial charge in [-0.3, -0.25) is 4.79 Å². The first kappa shape index (κ1) is 26.9. The van der Waals surface area contributed by atoms with E-state index >= 15 is 0 Å². The predicted molar refractivity (Wildman–Crippen MR) is 148 cm³/mol. The number of carboxylic acid groups (broad SMARTS) is 1. The molecule has 1 aliphatic heterocycles. The van der Waals surface area contributed by atoms with E-state index in [0.29, 0.717) is 29.3 Å². The molecule has 0 bridgehead atoms. The van der Waals surface area contributed by atoms with Gasteiger partial charge in [-0.15, -0.1) is 0 Å². The number of nitrogens with one attached hydrogen (secondary N) is 2. The molecule has 1 atom stereocenters. The molecule has 0 spiro atoms. The van der Waals surface area contributed by atoms with Crippen LogP contribution in [0.25, 0.3) is 22.3 Å². The third kappa shape index (κ3) is 4.68. The summed E-state index contributed by atoms with van der Waals surface area (Å²) in [4.78, 5) is 19.2. The maximum Gasteiger partial charge on any atom is 0.290 e. The van der Waals surface area contributed by atoms with Crippen molar-refractivity contribution in [2.24, 2.45) is 0 Å². The maximum absolute atomic E-state index is 15.0. The van der Waals surface area contributed by atoms with E-state index in [2.05, 4.69) is 47.0 Å². The third-order valence-corrected chi connectivity index (χ3v) is 7.31. The number of H-pyrrole nitrogens is 2. The van der Waals surface area contributed by atoms with E-state index in [1.165, 1.54) is 23.8 Å². The molecule has 3 aromatic carbocycles. The van der Waals surface area contributed by atoms with Gasteiger partial charge in [-0.25, -0.2) is 13.8 Å². The van der Waals surface area contributed by atoms with Gasteiger partial charge in [0, 0.05) is 46.2 Å². The number of nitrogens with zero attached hydrogens (tertiary/aromatic N) is 1. The Balaban J connectivity index is 0.00000103. The molecule has 40 heavy (non-hydrogen) atoms. The van der Waals surface area contributed by atoms with Crippen LogP contribution < -0.4 is 9.47 Å². The third-order valence-electron chi connectivity index (χ3n) is 7.31. The van der Waals surface area contributed by atoms with Gasteiger partial charge in [0.05, 0.1) is 11.0 Å². The van der Waals surface area contributed by atoms with Crippen LogP contribution in [0.2, 0.25) is 0 Å². The van der Waals surface area contributed by atoms with Gasteiger partial charge in [-0.05, 0) is 50.1 Å². The van der Waals surface area contributed by atoms with E-state index in [9.17, 15) is 8.78 Å². The first-order chi connectivity index (χ1) is 19.3. The Bertz CT molecular complexity index is 1690. The van der Waals surface area contributed by atoms with Crippen LogP contribution in [0.15, 0.2) is 60.9 Å². The normalized spacial score (nSPS) is 15.7. The van der Waals surface area contributed by atoms with Gasteiger partial charge in [0.1, 0.15) is 29.7 Å². The van der Waals surface area contributed by atoms with E-state index < -0.39 is 17.0 Å². The summed E-state index contributed by atoms with van der Waals surface area (Å²) in [6, 6.07) is 13.8. The lowest BCUT2D eigenvalue weighted by atomic mass is 9.81. The molecule has 0 saturated carbocycles. The average molecular weight is 546 g/mol. The van der Waals surface area contributed by atoms with Crippen molar-refractivity contribution < 1.29 is 28.2 Å². The highest BCUT2D eigenvalue weighted by Gasteiger charge is 2.40. The second-order valence-corrected chi connectivity index (χ2v) is 9.91. The lowest BCUT2D eigenvalue weighted by Crippen LogP contribution is -2.25. The molecule has 7 nitrogen and oxygen atoms in total. The van der Waals surface area contributed by atoms with Gasteiger partial charge in [-0.2, -0.15) is 0 Å². The second kappa shape index (κ2) is 10.8. The summed E-state index contributed by atoms with van der Waals surface area (Å²) >= 11 is 0. The Morgan fingerprint density at radius 1 is 1.18 bits per heavy atom. The summed E-state index contributed by atoms with van der Waals surface area (Å²) in [7, 11) is 0. The molecule has 0 amide bonds. The molecule has 0 saturated heterocycles. The Kier molecular flexibility index (Phi) is 7.30. The van der Waals surface area contributed by atoms with Crippen molar-refractivity contribution in [1.82, 2.24) is 15.0 Å². The number of aryl methyl sites for hydroxylation is 2. The Labute approximate surface area is 229 Å². The maximum atomic E-state index is 15.0. The largest absolute Gasteiger partial charge is 0.492 e. The number of fused-ring (bicyclic) bond motifs is 2. The van der Waals surface area contributed by atoms with E-state index in [4.69, 9.17) is 19.4 Å². The number of aromatic amines is 2. The number of imidazole rings is 1. The Morgan fingerprint density at radius 2 is 1.98 bits per heavy atom. The fraction of sp³-hybridized carbons (Fsp3) is 0.226. The van der Waals surface area contributed by atoms with Crippen molar-refractivity contribution in [3.05, 3.63) is 94.9 Å². The van der Waals surface area contributed by atoms with Crippen LogP contribution in [0.4, 0.5) is 8.78 Å². The van der Waals surface area contributed by atoms with Gasteiger partial charge >= 0.3 is 0 Å². The SMILES string of the molecule is CCCc1cccc2c1OCC2(C)c1cnc(-c2cc(Oc3c(F)cc4[nH]ccc4c3C)ccc2F)[nH]1.O=CO. The lowest BCUT2D eigenvalue weighted by molar-refractivity contribution is -0.122. The summed E-state index contributed by atoms with van der Waals surface area (Å²) < 4.78 is 41.8. The zero-order chi connectivity index (χ0) is 28.4. The molecule has 3 N–H and O–H groups in total. The minimum Gasteiger partial charge on any atom is -0.492 e. The van der Waals surface area contributed by atoms with Crippen LogP contribution in [-0.2, 0) is 16.6 Å². The van der Waals surface area contributed by atoms with Gasteiger partial charge in [0.15, 0.2) is 11.6 Å². The molecule has 2 aromatic heterocycles. The summed E-state index contributed by atoms with van der Waals surface area (Å²) in [6.45, 7) is 6.27. The summed E-state index contributed by atoms with van der Waals surface area (Å²) in [6.07, 6.45) is 5.47. The number of benzene rings is 3. The zero-order valence-electron chi connectivity index (χ0n) is 22.3. The molecule has 1 unspecified atom stereocenters. The minimum absolute atomic E-state index is 0.111. The molecule has 0 aliphatic carbocycles. The van der Waals surface area contributed by atoms with E-state index in [1.54, 1.807) is 25.4 Å². The topological polar surface area (TPSA) is 100 Å². The number of rotatable bonds is 6. The van der Waals surface area contributed by atoms with Gasteiger partial charge < -0.3 is 24.5 Å². The number of ether oxygens (including phenoxy) is 2. The minimum atomic E-state index is -0.492. The van der Waals surface area contributed by atoms with Crippen molar-refractivity contribution in [3.8, 4) is 28.6 Å². The quantitative estimate of drug-likeness (QED) is 0.195. The first-order valence-corrected chi connectivity index (χ1v) is 12.9. The highest BCUT2D eigenvalue weighted by molar-refractivity contribution is 5.85. The highest BCUT2D eigenvalue weighted by atomic mass is 19.1. The second-order valence-electron chi connectivity index (χ2n) is 9.91.